The van der Waals surface area contributed by atoms with Crippen LogP contribution in [0.25, 0.3) is 11.4 Å². The first kappa shape index (κ1) is 15.3. The Morgan fingerprint density at radius 3 is 2.83 bits per heavy atom. The van der Waals surface area contributed by atoms with E-state index >= 15 is 0 Å². The van der Waals surface area contributed by atoms with Gasteiger partial charge in [0.2, 0.25) is 11.7 Å². The molecule has 120 valence electrons. The summed E-state index contributed by atoms with van der Waals surface area (Å²) >= 11 is 0. The summed E-state index contributed by atoms with van der Waals surface area (Å²) in [5.41, 5.74) is -0.486. The van der Waals surface area contributed by atoms with Gasteiger partial charge in [0.25, 0.3) is 0 Å². The third-order valence-corrected chi connectivity index (χ3v) is 3.34. The van der Waals surface area contributed by atoms with Crippen molar-refractivity contribution in [3.63, 3.8) is 0 Å². The van der Waals surface area contributed by atoms with Crippen molar-refractivity contribution in [3.05, 3.63) is 53.9 Å². The fraction of sp³-hybridized carbons (Fsp3) is 0.267. The van der Waals surface area contributed by atoms with E-state index in [2.05, 4.69) is 15.1 Å². The number of aromatic nitrogens is 4. The van der Waals surface area contributed by atoms with Crippen LogP contribution in [0.2, 0.25) is 0 Å². The fourth-order valence-electron chi connectivity index (χ4n) is 2.22. The molecular formula is C15H13F3N4O. The standard InChI is InChI=1S/C15H13F3N4O/c1-2-12-19-6-7-22(12)9-13-20-14(21-23-13)10-4-3-5-11(8-10)15(16,17)18/h3-8H,2,9H2,1H3. The first-order valence-corrected chi connectivity index (χ1v) is 6.97. The largest absolute Gasteiger partial charge is 0.416 e. The summed E-state index contributed by atoms with van der Waals surface area (Å²) in [4.78, 5) is 8.34. The zero-order valence-corrected chi connectivity index (χ0v) is 12.2. The third kappa shape index (κ3) is 3.25. The Morgan fingerprint density at radius 2 is 2.09 bits per heavy atom. The highest BCUT2D eigenvalue weighted by Crippen LogP contribution is 2.31. The fourth-order valence-corrected chi connectivity index (χ4v) is 2.22. The number of imidazole rings is 1. The molecule has 5 nitrogen and oxygen atoms in total. The highest BCUT2D eigenvalue weighted by atomic mass is 19.4. The molecule has 0 saturated heterocycles. The number of hydrogen-bond acceptors (Lipinski definition) is 4. The summed E-state index contributed by atoms with van der Waals surface area (Å²) in [6.45, 7) is 2.30. The van der Waals surface area contributed by atoms with Crippen molar-refractivity contribution in [2.45, 2.75) is 26.1 Å². The summed E-state index contributed by atoms with van der Waals surface area (Å²) in [7, 11) is 0. The molecule has 2 aromatic heterocycles. The second-order valence-electron chi connectivity index (χ2n) is 4.92. The number of halogens is 3. The van der Waals surface area contributed by atoms with E-state index in [-0.39, 0.29) is 11.4 Å². The molecule has 0 aliphatic carbocycles. The van der Waals surface area contributed by atoms with Gasteiger partial charge in [0.1, 0.15) is 12.4 Å². The lowest BCUT2D eigenvalue weighted by Gasteiger charge is -2.06. The van der Waals surface area contributed by atoms with Crippen molar-refractivity contribution < 1.29 is 17.7 Å². The predicted molar refractivity (Wildman–Crippen MR) is 75.4 cm³/mol. The van der Waals surface area contributed by atoms with Crippen molar-refractivity contribution in [1.82, 2.24) is 19.7 Å². The first-order valence-electron chi connectivity index (χ1n) is 6.97. The summed E-state index contributed by atoms with van der Waals surface area (Å²) in [5, 5.41) is 3.76. The minimum Gasteiger partial charge on any atom is -0.337 e. The van der Waals surface area contributed by atoms with Crippen LogP contribution in [0.4, 0.5) is 13.2 Å². The van der Waals surface area contributed by atoms with Gasteiger partial charge in [-0.3, -0.25) is 0 Å². The molecule has 0 atom stereocenters. The third-order valence-electron chi connectivity index (χ3n) is 3.34. The van der Waals surface area contributed by atoms with Crippen LogP contribution in [0, 0.1) is 0 Å². The van der Waals surface area contributed by atoms with E-state index in [4.69, 9.17) is 4.52 Å². The van der Waals surface area contributed by atoms with E-state index in [1.807, 2.05) is 11.5 Å². The highest BCUT2D eigenvalue weighted by molar-refractivity contribution is 5.55. The normalized spacial score (nSPS) is 11.8. The van der Waals surface area contributed by atoms with Gasteiger partial charge in [0, 0.05) is 24.4 Å². The Labute approximate surface area is 129 Å². The van der Waals surface area contributed by atoms with Gasteiger partial charge in [-0.1, -0.05) is 24.2 Å². The smallest absolute Gasteiger partial charge is 0.337 e. The first-order chi connectivity index (χ1) is 11.0. The summed E-state index contributed by atoms with van der Waals surface area (Å²) < 4.78 is 45.2. The Morgan fingerprint density at radius 1 is 1.26 bits per heavy atom. The number of benzene rings is 1. The highest BCUT2D eigenvalue weighted by Gasteiger charge is 2.30. The number of aryl methyl sites for hydroxylation is 1. The van der Waals surface area contributed by atoms with Crippen molar-refractivity contribution >= 4 is 0 Å². The minimum absolute atomic E-state index is 0.129. The predicted octanol–water partition coefficient (Wildman–Crippen LogP) is 3.56. The molecule has 8 heteroatoms. The lowest BCUT2D eigenvalue weighted by atomic mass is 10.1. The molecule has 3 rings (SSSR count). The summed E-state index contributed by atoms with van der Waals surface area (Å²) in [6.07, 6.45) is -0.201. The maximum Gasteiger partial charge on any atom is 0.416 e. The summed E-state index contributed by atoms with van der Waals surface area (Å²) in [6, 6.07) is 4.84. The molecule has 23 heavy (non-hydrogen) atoms. The second kappa shape index (κ2) is 5.86. The van der Waals surface area contributed by atoms with E-state index in [0.717, 1.165) is 24.4 Å². The van der Waals surface area contributed by atoms with E-state index in [9.17, 15) is 13.2 Å². The Bertz CT molecular complexity index is 807. The lowest BCUT2D eigenvalue weighted by molar-refractivity contribution is -0.137. The molecule has 0 unspecified atom stereocenters. The van der Waals surface area contributed by atoms with Gasteiger partial charge in [-0.15, -0.1) is 0 Å². The number of nitrogens with zero attached hydrogens (tertiary/aromatic N) is 4. The molecule has 0 saturated carbocycles. The quantitative estimate of drug-likeness (QED) is 0.737. The Balaban J connectivity index is 1.85. The molecule has 2 heterocycles. The van der Waals surface area contributed by atoms with Crippen LogP contribution in [-0.2, 0) is 19.1 Å². The monoisotopic (exact) mass is 322 g/mol. The van der Waals surface area contributed by atoms with Crippen molar-refractivity contribution in [3.8, 4) is 11.4 Å². The van der Waals surface area contributed by atoms with E-state index in [1.54, 1.807) is 12.4 Å². The molecule has 0 aliphatic heterocycles. The van der Waals surface area contributed by atoms with Gasteiger partial charge >= 0.3 is 6.18 Å². The molecule has 0 aliphatic rings. The van der Waals surface area contributed by atoms with Crippen molar-refractivity contribution in [2.75, 3.05) is 0 Å². The topological polar surface area (TPSA) is 56.7 Å². The van der Waals surface area contributed by atoms with Gasteiger partial charge in [-0.25, -0.2) is 4.98 Å². The van der Waals surface area contributed by atoms with Gasteiger partial charge in [0.15, 0.2) is 0 Å². The maximum atomic E-state index is 12.7. The van der Waals surface area contributed by atoms with Crippen LogP contribution < -0.4 is 0 Å². The van der Waals surface area contributed by atoms with Gasteiger partial charge in [0.05, 0.1) is 5.56 Å². The van der Waals surface area contributed by atoms with Crippen LogP contribution in [-0.4, -0.2) is 19.7 Å². The Hall–Kier alpha value is -2.64. The van der Waals surface area contributed by atoms with E-state index < -0.39 is 11.7 Å². The maximum absolute atomic E-state index is 12.7. The summed E-state index contributed by atoms with van der Waals surface area (Å²) in [5.74, 6) is 1.30. The van der Waals surface area contributed by atoms with Crippen molar-refractivity contribution in [1.29, 1.82) is 0 Å². The van der Waals surface area contributed by atoms with E-state index in [0.29, 0.717) is 12.4 Å². The molecule has 0 N–H and O–H groups in total. The lowest BCUT2D eigenvalue weighted by Crippen LogP contribution is -2.04. The zero-order valence-electron chi connectivity index (χ0n) is 12.2. The minimum atomic E-state index is -4.41. The van der Waals surface area contributed by atoms with Crippen LogP contribution in [0.5, 0.6) is 0 Å². The average molecular weight is 322 g/mol. The van der Waals surface area contributed by atoms with Gasteiger partial charge < -0.3 is 9.09 Å². The molecule has 0 amide bonds. The molecular weight excluding hydrogens is 309 g/mol. The molecule has 1 aromatic carbocycles. The average Bonchev–Trinajstić information content (AvgIpc) is 3.16. The SMILES string of the molecule is CCc1nccn1Cc1nc(-c2cccc(C(F)(F)F)c2)no1. The molecule has 0 radical (unpaired) electrons. The number of alkyl halides is 3. The zero-order chi connectivity index (χ0) is 16.4. The van der Waals surface area contributed by atoms with Crippen molar-refractivity contribution in [2.24, 2.45) is 0 Å². The molecule has 0 spiro atoms. The van der Waals surface area contributed by atoms with Crippen LogP contribution in [0.3, 0.4) is 0 Å². The molecule has 0 fully saturated rings. The van der Waals surface area contributed by atoms with Crippen LogP contribution in [0.1, 0.15) is 24.2 Å². The second-order valence-corrected chi connectivity index (χ2v) is 4.92. The van der Waals surface area contributed by atoms with Crippen LogP contribution >= 0.6 is 0 Å². The van der Waals surface area contributed by atoms with Gasteiger partial charge in [-0.2, -0.15) is 18.2 Å². The molecule has 0 bridgehead atoms. The van der Waals surface area contributed by atoms with Crippen LogP contribution in [0.15, 0.2) is 41.2 Å². The number of rotatable bonds is 4. The Kier molecular flexibility index (Phi) is 3.89. The molecule has 3 aromatic rings. The number of hydrogen-bond donors (Lipinski definition) is 0. The van der Waals surface area contributed by atoms with E-state index in [1.165, 1.54) is 12.1 Å². The van der Waals surface area contributed by atoms with Gasteiger partial charge in [-0.05, 0) is 12.1 Å².